The molecular formula is C11H17NO. The van der Waals surface area contributed by atoms with Crippen LogP contribution in [-0.4, -0.2) is 13.2 Å². The van der Waals surface area contributed by atoms with Gasteiger partial charge in [0.15, 0.2) is 0 Å². The molecule has 2 N–H and O–H groups in total. The molecule has 0 bridgehead atoms. The van der Waals surface area contributed by atoms with E-state index in [0.717, 1.165) is 18.5 Å². The Kier molecular flexibility index (Phi) is 3.77. The van der Waals surface area contributed by atoms with E-state index in [9.17, 15) is 0 Å². The molecule has 0 amide bonds. The lowest BCUT2D eigenvalue weighted by Crippen LogP contribution is -2.05. The van der Waals surface area contributed by atoms with Gasteiger partial charge in [-0.15, -0.1) is 0 Å². The number of rotatable bonds is 4. The van der Waals surface area contributed by atoms with E-state index in [1.807, 2.05) is 12.1 Å². The molecule has 2 heteroatoms. The summed E-state index contributed by atoms with van der Waals surface area (Å²) in [6.45, 7) is 2.08. The first-order chi connectivity index (χ1) is 6.22. The van der Waals surface area contributed by atoms with E-state index in [1.165, 1.54) is 5.56 Å². The van der Waals surface area contributed by atoms with E-state index in [-0.39, 0.29) is 0 Å². The summed E-state index contributed by atoms with van der Waals surface area (Å²) in [5, 5.41) is 0. The van der Waals surface area contributed by atoms with E-state index in [2.05, 4.69) is 19.1 Å². The molecule has 0 aliphatic carbocycles. The molecule has 1 aromatic rings. The predicted molar refractivity (Wildman–Crippen MR) is 55.6 cm³/mol. The average Bonchev–Trinajstić information content (AvgIpc) is 2.16. The Morgan fingerprint density at radius 1 is 1.31 bits per heavy atom. The predicted octanol–water partition coefficient (Wildman–Crippen LogP) is 2.24. The number of aryl methyl sites for hydroxylation is 1. The molecule has 0 aliphatic rings. The van der Waals surface area contributed by atoms with Crippen molar-refractivity contribution in [2.75, 3.05) is 12.8 Å². The number of methoxy groups -OCH3 is 1. The van der Waals surface area contributed by atoms with Crippen LogP contribution in [0.5, 0.6) is 0 Å². The van der Waals surface area contributed by atoms with Crippen molar-refractivity contribution >= 4 is 5.69 Å². The quantitative estimate of drug-likeness (QED) is 0.719. The number of hydrogen-bond acceptors (Lipinski definition) is 2. The fourth-order valence-corrected chi connectivity index (χ4v) is 1.17. The summed E-state index contributed by atoms with van der Waals surface area (Å²) in [5.41, 5.74) is 7.72. The molecule has 0 aromatic heterocycles. The highest BCUT2D eigenvalue weighted by atomic mass is 16.5. The summed E-state index contributed by atoms with van der Waals surface area (Å²) < 4.78 is 5.17. The third-order valence-corrected chi connectivity index (χ3v) is 2.22. The maximum absolute atomic E-state index is 5.58. The number of hydrogen-bond donors (Lipinski definition) is 1. The second-order valence-electron chi connectivity index (χ2n) is 3.33. The Balaban J connectivity index is 2.41. The number of anilines is 1. The Morgan fingerprint density at radius 2 is 1.92 bits per heavy atom. The number of nitrogen functional groups attached to an aromatic ring is 1. The fourth-order valence-electron chi connectivity index (χ4n) is 1.17. The number of ether oxygens (including phenoxy) is 1. The first kappa shape index (κ1) is 10.1. The zero-order valence-electron chi connectivity index (χ0n) is 8.29. The van der Waals surface area contributed by atoms with E-state index in [4.69, 9.17) is 10.5 Å². The maximum atomic E-state index is 5.58. The highest BCUT2D eigenvalue weighted by molar-refractivity contribution is 5.39. The van der Waals surface area contributed by atoms with E-state index < -0.39 is 0 Å². The molecule has 1 atom stereocenters. The summed E-state index contributed by atoms with van der Waals surface area (Å²) in [4.78, 5) is 0. The largest absolute Gasteiger partial charge is 0.399 e. The molecule has 0 heterocycles. The number of benzene rings is 1. The topological polar surface area (TPSA) is 35.2 Å². The molecule has 0 radical (unpaired) electrons. The highest BCUT2D eigenvalue weighted by Crippen LogP contribution is 2.09. The van der Waals surface area contributed by atoms with Crippen LogP contribution in [0.4, 0.5) is 5.69 Å². The molecule has 0 spiro atoms. The second kappa shape index (κ2) is 4.87. The van der Waals surface area contributed by atoms with Crippen molar-refractivity contribution in [3.05, 3.63) is 29.8 Å². The average molecular weight is 179 g/mol. The van der Waals surface area contributed by atoms with Gasteiger partial charge in [0.2, 0.25) is 0 Å². The zero-order chi connectivity index (χ0) is 9.68. The smallest absolute Gasteiger partial charge is 0.0546 e. The lowest BCUT2D eigenvalue weighted by atomic mass is 10.1. The van der Waals surface area contributed by atoms with Crippen LogP contribution in [0.3, 0.4) is 0 Å². The summed E-state index contributed by atoms with van der Waals surface area (Å²) >= 11 is 0. The molecule has 2 nitrogen and oxygen atoms in total. The zero-order valence-corrected chi connectivity index (χ0v) is 8.29. The van der Waals surface area contributed by atoms with Gasteiger partial charge in [-0.25, -0.2) is 0 Å². The van der Waals surface area contributed by atoms with Gasteiger partial charge in [-0.1, -0.05) is 12.1 Å². The molecule has 1 rings (SSSR count). The van der Waals surface area contributed by atoms with Gasteiger partial charge in [0, 0.05) is 12.8 Å². The van der Waals surface area contributed by atoms with Gasteiger partial charge >= 0.3 is 0 Å². The van der Waals surface area contributed by atoms with E-state index >= 15 is 0 Å². The van der Waals surface area contributed by atoms with Gasteiger partial charge in [-0.2, -0.15) is 0 Å². The van der Waals surface area contributed by atoms with E-state index in [0.29, 0.717) is 6.10 Å². The van der Waals surface area contributed by atoms with Gasteiger partial charge in [0.25, 0.3) is 0 Å². The first-order valence-electron chi connectivity index (χ1n) is 4.59. The molecule has 0 saturated carbocycles. The van der Waals surface area contributed by atoms with Crippen molar-refractivity contribution < 1.29 is 4.74 Å². The Hall–Kier alpha value is -1.02. The van der Waals surface area contributed by atoms with Gasteiger partial charge in [-0.05, 0) is 37.5 Å². The van der Waals surface area contributed by atoms with Crippen molar-refractivity contribution in [3.8, 4) is 0 Å². The summed E-state index contributed by atoms with van der Waals surface area (Å²) in [6.07, 6.45) is 2.44. The third kappa shape index (κ3) is 3.47. The molecule has 0 saturated heterocycles. The standard InChI is InChI=1S/C11H17NO/c1-9(13-2)3-4-10-5-7-11(12)8-6-10/h5-9H,3-4,12H2,1-2H3. The minimum Gasteiger partial charge on any atom is -0.399 e. The first-order valence-corrected chi connectivity index (χ1v) is 4.59. The van der Waals surface area contributed by atoms with Gasteiger partial charge in [0.05, 0.1) is 6.10 Å². The van der Waals surface area contributed by atoms with Crippen LogP contribution in [0, 0.1) is 0 Å². The van der Waals surface area contributed by atoms with Crippen molar-refractivity contribution in [3.63, 3.8) is 0 Å². The third-order valence-electron chi connectivity index (χ3n) is 2.22. The summed E-state index contributed by atoms with van der Waals surface area (Å²) in [7, 11) is 1.74. The summed E-state index contributed by atoms with van der Waals surface area (Å²) in [6, 6.07) is 8.01. The van der Waals surface area contributed by atoms with Crippen molar-refractivity contribution in [1.29, 1.82) is 0 Å². The van der Waals surface area contributed by atoms with Crippen LogP contribution in [0.2, 0.25) is 0 Å². The van der Waals surface area contributed by atoms with Crippen molar-refractivity contribution in [2.45, 2.75) is 25.9 Å². The van der Waals surface area contributed by atoms with Crippen molar-refractivity contribution in [2.24, 2.45) is 0 Å². The monoisotopic (exact) mass is 179 g/mol. The molecular weight excluding hydrogens is 162 g/mol. The van der Waals surface area contributed by atoms with Crippen LogP contribution in [-0.2, 0) is 11.2 Å². The molecule has 72 valence electrons. The van der Waals surface area contributed by atoms with Gasteiger partial charge in [-0.3, -0.25) is 0 Å². The lowest BCUT2D eigenvalue weighted by Gasteiger charge is -2.08. The Morgan fingerprint density at radius 3 is 2.46 bits per heavy atom. The van der Waals surface area contributed by atoms with E-state index in [1.54, 1.807) is 7.11 Å². The minimum absolute atomic E-state index is 0.331. The molecule has 0 aliphatic heterocycles. The fraction of sp³-hybridized carbons (Fsp3) is 0.455. The van der Waals surface area contributed by atoms with Crippen molar-refractivity contribution in [1.82, 2.24) is 0 Å². The number of nitrogens with two attached hydrogens (primary N) is 1. The maximum Gasteiger partial charge on any atom is 0.0546 e. The van der Waals surface area contributed by atoms with Crippen LogP contribution in [0.25, 0.3) is 0 Å². The molecule has 13 heavy (non-hydrogen) atoms. The SMILES string of the molecule is COC(C)CCc1ccc(N)cc1. The minimum atomic E-state index is 0.331. The van der Waals surface area contributed by atoms with Crippen LogP contribution < -0.4 is 5.73 Å². The van der Waals surface area contributed by atoms with Gasteiger partial charge in [0.1, 0.15) is 0 Å². The lowest BCUT2D eigenvalue weighted by molar-refractivity contribution is 0.111. The van der Waals surface area contributed by atoms with Gasteiger partial charge < -0.3 is 10.5 Å². The molecule has 0 fully saturated rings. The summed E-state index contributed by atoms with van der Waals surface area (Å²) in [5.74, 6) is 0. The Labute approximate surface area is 79.7 Å². The normalized spacial score (nSPS) is 12.8. The second-order valence-corrected chi connectivity index (χ2v) is 3.33. The molecule has 1 unspecified atom stereocenters. The van der Waals surface area contributed by atoms with Crippen LogP contribution in [0.1, 0.15) is 18.9 Å². The molecule has 1 aromatic carbocycles. The highest BCUT2D eigenvalue weighted by Gasteiger charge is 1.99. The van der Waals surface area contributed by atoms with Crippen LogP contribution >= 0.6 is 0 Å². The Bertz CT molecular complexity index is 243. The van der Waals surface area contributed by atoms with Crippen LogP contribution in [0.15, 0.2) is 24.3 Å².